The van der Waals surface area contributed by atoms with Crippen LogP contribution in [0.25, 0.3) is 0 Å². The van der Waals surface area contributed by atoms with E-state index in [1.165, 1.54) is 7.05 Å². The highest BCUT2D eigenvalue weighted by Gasteiger charge is 2.31. The van der Waals surface area contributed by atoms with Gasteiger partial charge < -0.3 is 9.42 Å². The number of aryl methyl sites for hydroxylation is 1. The molecule has 1 amide bonds. The van der Waals surface area contributed by atoms with Crippen LogP contribution in [-0.4, -0.2) is 18.1 Å². The number of hydrogen-bond acceptors (Lipinski definition) is 3. The molecule has 22 heavy (non-hydrogen) atoms. The molecule has 4 nitrogen and oxygen atoms in total. The van der Waals surface area contributed by atoms with Crippen LogP contribution >= 0.6 is 11.6 Å². The first-order valence-corrected chi connectivity index (χ1v) is 6.62. The van der Waals surface area contributed by atoms with Gasteiger partial charge in [0.15, 0.2) is 0 Å². The summed E-state index contributed by atoms with van der Waals surface area (Å²) in [6, 6.07) is 4.41. The van der Waals surface area contributed by atoms with Crippen LogP contribution in [-0.2, 0) is 17.4 Å². The van der Waals surface area contributed by atoms with Gasteiger partial charge in [-0.25, -0.2) is 0 Å². The number of hydrogen-bond donors (Lipinski definition) is 0. The largest absolute Gasteiger partial charge is 0.416 e. The van der Waals surface area contributed by atoms with E-state index in [0.717, 1.165) is 23.1 Å². The predicted molar refractivity (Wildman–Crippen MR) is 74.8 cm³/mol. The first-order valence-electron chi connectivity index (χ1n) is 6.24. The number of alkyl halides is 3. The van der Waals surface area contributed by atoms with E-state index in [0.29, 0.717) is 11.5 Å². The molecule has 118 valence electrons. The van der Waals surface area contributed by atoms with Crippen LogP contribution in [0.5, 0.6) is 0 Å². The summed E-state index contributed by atoms with van der Waals surface area (Å²) in [6.07, 6.45) is -4.60. The molecule has 0 aliphatic rings. The Bertz CT molecular complexity index is 698. The van der Waals surface area contributed by atoms with E-state index in [4.69, 9.17) is 16.1 Å². The number of likely N-dealkylation sites (N-methyl/N-ethyl adjacent to an activating group) is 1. The van der Waals surface area contributed by atoms with E-state index in [2.05, 4.69) is 5.16 Å². The molecule has 0 radical (unpaired) electrons. The second-order valence-electron chi connectivity index (χ2n) is 4.72. The minimum absolute atomic E-state index is 0.0123. The van der Waals surface area contributed by atoms with Crippen molar-refractivity contribution in [2.75, 3.05) is 11.9 Å². The van der Waals surface area contributed by atoms with Crippen molar-refractivity contribution < 1.29 is 22.5 Å². The van der Waals surface area contributed by atoms with Gasteiger partial charge in [0.1, 0.15) is 5.76 Å². The number of carbonyl (C=O) groups excluding carboxylic acids is 1. The molecule has 2 rings (SSSR count). The standard InChI is InChI=1S/C14H12ClF3N2O2/c1-8-5-10(19-22-8)7-13(21)20(2)12-6-9(14(16,17)18)3-4-11(12)15/h3-6H,7H2,1-2H3. The molecule has 0 unspecified atom stereocenters. The summed E-state index contributed by atoms with van der Waals surface area (Å²) in [4.78, 5) is 13.2. The van der Waals surface area contributed by atoms with Crippen molar-refractivity contribution >= 4 is 23.2 Å². The number of rotatable bonds is 3. The van der Waals surface area contributed by atoms with Gasteiger partial charge in [0.25, 0.3) is 0 Å². The van der Waals surface area contributed by atoms with Crippen LogP contribution in [0.4, 0.5) is 18.9 Å². The van der Waals surface area contributed by atoms with Gasteiger partial charge in [0.2, 0.25) is 5.91 Å². The highest BCUT2D eigenvalue weighted by atomic mass is 35.5. The lowest BCUT2D eigenvalue weighted by Gasteiger charge is -2.19. The van der Waals surface area contributed by atoms with E-state index < -0.39 is 17.6 Å². The van der Waals surface area contributed by atoms with Crippen LogP contribution in [0.1, 0.15) is 17.0 Å². The first kappa shape index (κ1) is 16.4. The fourth-order valence-corrected chi connectivity index (χ4v) is 2.10. The summed E-state index contributed by atoms with van der Waals surface area (Å²) < 4.78 is 43.1. The summed E-state index contributed by atoms with van der Waals surface area (Å²) in [7, 11) is 1.36. The Hall–Kier alpha value is -2.02. The molecule has 0 bridgehead atoms. The van der Waals surface area contributed by atoms with Crippen molar-refractivity contribution in [1.82, 2.24) is 5.16 Å². The van der Waals surface area contributed by atoms with Gasteiger partial charge in [0, 0.05) is 13.1 Å². The van der Waals surface area contributed by atoms with Crippen molar-refractivity contribution in [3.63, 3.8) is 0 Å². The van der Waals surface area contributed by atoms with Crippen LogP contribution < -0.4 is 4.90 Å². The van der Waals surface area contributed by atoms with Gasteiger partial charge >= 0.3 is 6.18 Å². The molecule has 0 fully saturated rings. The zero-order chi connectivity index (χ0) is 16.5. The second-order valence-corrected chi connectivity index (χ2v) is 5.13. The lowest BCUT2D eigenvalue weighted by molar-refractivity contribution is -0.137. The monoisotopic (exact) mass is 332 g/mol. The molecule has 1 heterocycles. The summed E-state index contributed by atoms with van der Waals surface area (Å²) in [6.45, 7) is 1.67. The summed E-state index contributed by atoms with van der Waals surface area (Å²) in [5.41, 5.74) is -0.483. The third kappa shape index (κ3) is 3.59. The van der Waals surface area contributed by atoms with Gasteiger partial charge in [0.05, 0.1) is 28.4 Å². The maximum Gasteiger partial charge on any atom is 0.416 e. The number of halogens is 4. The quantitative estimate of drug-likeness (QED) is 0.857. The Morgan fingerprint density at radius 3 is 2.59 bits per heavy atom. The molecular weight excluding hydrogens is 321 g/mol. The molecule has 1 aromatic heterocycles. The molecule has 0 spiro atoms. The molecule has 0 aliphatic heterocycles. The van der Waals surface area contributed by atoms with E-state index in [9.17, 15) is 18.0 Å². The van der Waals surface area contributed by atoms with Crippen LogP contribution in [0.3, 0.4) is 0 Å². The molecule has 0 aliphatic carbocycles. The predicted octanol–water partition coefficient (Wildman–Crippen LogP) is 3.86. The van der Waals surface area contributed by atoms with Crippen LogP contribution in [0.15, 0.2) is 28.8 Å². The Kier molecular flexibility index (Phi) is 4.46. The number of aromatic nitrogens is 1. The number of amides is 1. The number of anilines is 1. The molecule has 2 aromatic rings. The van der Waals surface area contributed by atoms with Gasteiger partial charge in [-0.2, -0.15) is 13.2 Å². The minimum Gasteiger partial charge on any atom is -0.361 e. The topological polar surface area (TPSA) is 46.3 Å². The number of nitrogens with zero attached hydrogens (tertiary/aromatic N) is 2. The third-order valence-corrected chi connectivity index (χ3v) is 3.34. The van der Waals surface area contributed by atoms with Gasteiger partial charge in [-0.15, -0.1) is 0 Å². The van der Waals surface area contributed by atoms with E-state index >= 15 is 0 Å². The van der Waals surface area contributed by atoms with Crippen molar-refractivity contribution in [2.24, 2.45) is 0 Å². The molecule has 0 saturated carbocycles. The van der Waals surface area contributed by atoms with Gasteiger partial charge in [-0.1, -0.05) is 16.8 Å². The fraction of sp³-hybridized carbons (Fsp3) is 0.286. The van der Waals surface area contributed by atoms with Gasteiger partial charge in [-0.05, 0) is 25.1 Å². The third-order valence-electron chi connectivity index (χ3n) is 3.02. The first-order chi connectivity index (χ1) is 10.2. The summed E-state index contributed by atoms with van der Waals surface area (Å²) in [5.74, 6) is 0.0945. The average molecular weight is 333 g/mol. The number of benzene rings is 1. The molecule has 0 N–H and O–H groups in total. The second kappa shape index (κ2) is 6.00. The van der Waals surface area contributed by atoms with E-state index in [-0.39, 0.29) is 17.1 Å². The Morgan fingerprint density at radius 1 is 1.36 bits per heavy atom. The number of carbonyl (C=O) groups is 1. The van der Waals surface area contributed by atoms with Gasteiger partial charge in [-0.3, -0.25) is 4.79 Å². The Balaban J connectivity index is 2.24. The highest BCUT2D eigenvalue weighted by molar-refractivity contribution is 6.33. The lowest BCUT2D eigenvalue weighted by atomic mass is 10.1. The zero-order valence-corrected chi connectivity index (χ0v) is 12.5. The van der Waals surface area contributed by atoms with E-state index in [1.807, 2.05) is 0 Å². The zero-order valence-electron chi connectivity index (χ0n) is 11.7. The maximum atomic E-state index is 12.7. The van der Waals surface area contributed by atoms with Crippen molar-refractivity contribution in [2.45, 2.75) is 19.5 Å². The lowest BCUT2D eigenvalue weighted by Crippen LogP contribution is -2.28. The maximum absolute atomic E-state index is 12.7. The minimum atomic E-state index is -4.51. The summed E-state index contributed by atoms with van der Waals surface area (Å²) in [5, 5.41) is 3.73. The highest BCUT2D eigenvalue weighted by Crippen LogP contribution is 2.35. The fourth-order valence-electron chi connectivity index (χ4n) is 1.86. The SMILES string of the molecule is Cc1cc(CC(=O)N(C)c2cc(C(F)(F)F)ccc2Cl)no1. The normalized spacial score (nSPS) is 11.5. The Morgan fingerprint density at radius 2 is 2.05 bits per heavy atom. The van der Waals surface area contributed by atoms with E-state index in [1.54, 1.807) is 13.0 Å². The molecule has 1 aromatic carbocycles. The van der Waals surface area contributed by atoms with Crippen molar-refractivity contribution in [1.29, 1.82) is 0 Å². The Labute approximate surface area is 129 Å². The molecule has 0 saturated heterocycles. The van der Waals surface area contributed by atoms with Crippen LogP contribution in [0.2, 0.25) is 5.02 Å². The molecular formula is C14H12ClF3N2O2. The molecule has 8 heteroatoms. The van der Waals surface area contributed by atoms with Crippen LogP contribution in [0, 0.1) is 6.92 Å². The van der Waals surface area contributed by atoms with Crippen molar-refractivity contribution in [3.05, 3.63) is 46.3 Å². The average Bonchev–Trinajstić information content (AvgIpc) is 2.82. The molecule has 0 atom stereocenters. The smallest absolute Gasteiger partial charge is 0.361 e. The van der Waals surface area contributed by atoms with Crippen molar-refractivity contribution in [3.8, 4) is 0 Å². The summed E-state index contributed by atoms with van der Waals surface area (Å²) >= 11 is 5.90.